The van der Waals surface area contributed by atoms with Gasteiger partial charge in [-0.25, -0.2) is 8.78 Å². The van der Waals surface area contributed by atoms with Crippen LogP contribution in [-0.2, 0) is 4.79 Å². The maximum absolute atomic E-state index is 13.8. The molecule has 3 nitrogen and oxygen atoms in total. The summed E-state index contributed by atoms with van der Waals surface area (Å²) >= 11 is 0. The summed E-state index contributed by atoms with van der Waals surface area (Å²) in [4.78, 5) is 14.5. The van der Waals surface area contributed by atoms with Gasteiger partial charge >= 0.3 is 0 Å². The number of likely N-dealkylation sites (N-methyl/N-ethyl adjacent to an activating group) is 1. The van der Waals surface area contributed by atoms with Crippen LogP contribution in [0.15, 0.2) is 18.2 Å². The number of hydrogen-bond donors (Lipinski definition) is 1. The highest BCUT2D eigenvalue weighted by atomic mass is 19.2. The minimum atomic E-state index is -0.833. The first-order valence-corrected chi connectivity index (χ1v) is 7.52. The minimum Gasteiger partial charge on any atom is -0.338 e. The highest BCUT2D eigenvalue weighted by molar-refractivity contribution is 5.83. The zero-order valence-corrected chi connectivity index (χ0v) is 12.1. The number of nitrogens with zero attached hydrogens (tertiary/aromatic N) is 1. The molecule has 21 heavy (non-hydrogen) atoms. The van der Waals surface area contributed by atoms with Crippen molar-refractivity contribution in [2.75, 3.05) is 20.1 Å². The lowest BCUT2D eigenvalue weighted by Gasteiger charge is -2.24. The van der Waals surface area contributed by atoms with E-state index in [0.717, 1.165) is 32.0 Å². The highest BCUT2D eigenvalue weighted by Gasteiger charge is 2.48. The quantitative estimate of drug-likeness (QED) is 0.924. The van der Waals surface area contributed by atoms with Crippen LogP contribution in [0.1, 0.15) is 30.7 Å². The van der Waals surface area contributed by atoms with Crippen LogP contribution in [0.4, 0.5) is 8.78 Å². The number of benzene rings is 1. The molecular weight excluding hydrogens is 274 g/mol. The molecule has 5 heteroatoms. The molecule has 3 rings (SSSR count). The van der Waals surface area contributed by atoms with Crippen molar-refractivity contribution in [1.29, 1.82) is 0 Å². The lowest BCUT2D eigenvalue weighted by Crippen LogP contribution is -2.41. The second kappa shape index (κ2) is 5.72. The molecule has 0 aromatic heterocycles. The Morgan fingerprint density at radius 2 is 2.24 bits per heavy atom. The molecule has 1 heterocycles. The zero-order valence-electron chi connectivity index (χ0n) is 12.1. The molecule has 1 amide bonds. The molecule has 114 valence electrons. The maximum atomic E-state index is 13.8. The van der Waals surface area contributed by atoms with E-state index in [2.05, 4.69) is 5.32 Å². The van der Waals surface area contributed by atoms with Gasteiger partial charge in [0.1, 0.15) is 0 Å². The van der Waals surface area contributed by atoms with E-state index in [1.807, 2.05) is 11.9 Å². The average molecular weight is 294 g/mol. The Morgan fingerprint density at radius 1 is 1.43 bits per heavy atom. The first-order valence-electron chi connectivity index (χ1n) is 7.52. The maximum Gasteiger partial charge on any atom is 0.226 e. The van der Waals surface area contributed by atoms with Crippen molar-refractivity contribution < 1.29 is 13.6 Å². The molecule has 1 aromatic carbocycles. The van der Waals surface area contributed by atoms with Crippen molar-refractivity contribution in [3.8, 4) is 0 Å². The number of rotatable bonds is 4. The number of halogens is 2. The number of amides is 1. The third kappa shape index (κ3) is 2.67. The van der Waals surface area contributed by atoms with Gasteiger partial charge in [0.05, 0.1) is 0 Å². The van der Waals surface area contributed by atoms with Crippen LogP contribution in [0.3, 0.4) is 0 Å². The van der Waals surface area contributed by atoms with Gasteiger partial charge in [-0.1, -0.05) is 12.1 Å². The molecule has 1 aliphatic carbocycles. The van der Waals surface area contributed by atoms with Gasteiger partial charge in [-0.05, 0) is 43.9 Å². The zero-order chi connectivity index (χ0) is 15.0. The summed E-state index contributed by atoms with van der Waals surface area (Å²) in [7, 11) is 1.88. The van der Waals surface area contributed by atoms with Crippen molar-refractivity contribution in [3.63, 3.8) is 0 Å². The Morgan fingerprint density at radius 3 is 3.00 bits per heavy atom. The van der Waals surface area contributed by atoms with E-state index in [1.54, 1.807) is 6.07 Å². The van der Waals surface area contributed by atoms with Gasteiger partial charge in [0, 0.05) is 25.0 Å². The summed E-state index contributed by atoms with van der Waals surface area (Å²) in [6.45, 7) is 1.57. The normalized spacial score (nSPS) is 28.0. The van der Waals surface area contributed by atoms with Crippen LogP contribution in [0.5, 0.6) is 0 Å². The molecule has 1 saturated heterocycles. The van der Waals surface area contributed by atoms with Gasteiger partial charge < -0.3 is 10.2 Å². The minimum absolute atomic E-state index is 0.0985. The Balaban J connectivity index is 1.70. The summed E-state index contributed by atoms with van der Waals surface area (Å²) in [5.41, 5.74) is 0.345. The molecular formula is C16H20F2N2O. The fraction of sp³-hybridized carbons (Fsp3) is 0.562. The molecule has 3 atom stereocenters. The van der Waals surface area contributed by atoms with Crippen molar-refractivity contribution in [2.45, 2.75) is 31.2 Å². The lowest BCUT2D eigenvalue weighted by molar-refractivity contribution is -0.133. The number of hydrogen-bond acceptors (Lipinski definition) is 2. The van der Waals surface area contributed by atoms with Gasteiger partial charge in [0.15, 0.2) is 11.6 Å². The largest absolute Gasteiger partial charge is 0.338 e. The van der Waals surface area contributed by atoms with Gasteiger partial charge in [-0.2, -0.15) is 0 Å². The predicted octanol–water partition coefficient (Wildman–Crippen LogP) is 2.28. The average Bonchev–Trinajstić information content (AvgIpc) is 3.13. The Kier molecular flexibility index (Phi) is 3.93. The van der Waals surface area contributed by atoms with Gasteiger partial charge in [-0.15, -0.1) is 0 Å². The summed E-state index contributed by atoms with van der Waals surface area (Å²) in [6, 6.07) is 4.45. The van der Waals surface area contributed by atoms with Gasteiger partial charge in [0.2, 0.25) is 5.91 Å². The van der Waals surface area contributed by atoms with Crippen LogP contribution in [0, 0.1) is 17.6 Å². The second-order valence-electron chi connectivity index (χ2n) is 5.98. The monoisotopic (exact) mass is 294 g/mol. The first-order chi connectivity index (χ1) is 10.1. The molecule has 0 spiro atoms. The molecule has 1 saturated carbocycles. The molecule has 0 radical (unpaired) electrons. The lowest BCUT2D eigenvalue weighted by atomic mass is 10.1. The number of carbonyl (C=O) groups excluding carboxylic acids is 1. The summed E-state index contributed by atoms with van der Waals surface area (Å²) in [6.07, 6.45) is 2.66. The molecule has 1 aliphatic heterocycles. The van der Waals surface area contributed by atoms with Crippen LogP contribution >= 0.6 is 0 Å². The third-order valence-electron chi connectivity index (χ3n) is 4.59. The molecule has 2 fully saturated rings. The van der Waals surface area contributed by atoms with E-state index in [0.29, 0.717) is 12.0 Å². The SMILES string of the molecule is CNC[C@@H]1CCCN1C(=O)[C@H]1C[C@@H]1c1cccc(F)c1F. The van der Waals surface area contributed by atoms with E-state index in [4.69, 9.17) is 0 Å². The van der Waals surface area contributed by atoms with E-state index in [1.165, 1.54) is 6.07 Å². The van der Waals surface area contributed by atoms with E-state index >= 15 is 0 Å². The Bertz CT molecular complexity index is 549. The highest BCUT2D eigenvalue weighted by Crippen LogP contribution is 2.50. The van der Waals surface area contributed by atoms with Crippen LogP contribution < -0.4 is 5.32 Å². The van der Waals surface area contributed by atoms with Crippen LogP contribution in [0.25, 0.3) is 0 Å². The molecule has 1 aromatic rings. The number of likely N-dealkylation sites (tertiary alicyclic amines) is 1. The molecule has 2 aliphatic rings. The van der Waals surface area contributed by atoms with Crippen molar-refractivity contribution in [3.05, 3.63) is 35.4 Å². The van der Waals surface area contributed by atoms with Gasteiger partial charge in [0.25, 0.3) is 0 Å². The fourth-order valence-electron chi connectivity index (χ4n) is 3.41. The van der Waals surface area contributed by atoms with E-state index < -0.39 is 11.6 Å². The fourth-order valence-corrected chi connectivity index (χ4v) is 3.41. The number of nitrogens with one attached hydrogen (secondary N) is 1. The number of carbonyl (C=O) groups is 1. The van der Waals surface area contributed by atoms with Crippen molar-refractivity contribution in [2.24, 2.45) is 5.92 Å². The first kappa shape index (κ1) is 14.4. The Hall–Kier alpha value is -1.49. The van der Waals surface area contributed by atoms with Crippen LogP contribution in [0.2, 0.25) is 0 Å². The molecule has 1 N–H and O–H groups in total. The topological polar surface area (TPSA) is 32.3 Å². The van der Waals surface area contributed by atoms with E-state index in [-0.39, 0.29) is 23.8 Å². The van der Waals surface area contributed by atoms with Gasteiger partial charge in [-0.3, -0.25) is 4.79 Å². The molecule has 0 unspecified atom stereocenters. The standard InChI is InChI=1S/C16H20F2N2O/c1-19-9-10-4-3-7-20(10)16(21)13-8-12(13)11-5-2-6-14(17)15(11)18/h2,5-6,10,12-13,19H,3-4,7-9H2,1H3/t10-,12+,13-/m0/s1. The summed E-state index contributed by atoms with van der Waals surface area (Å²) < 4.78 is 27.1. The van der Waals surface area contributed by atoms with E-state index in [9.17, 15) is 13.6 Å². The second-order valence-corrected chi connectivity index (χ2v) is 5.98. The van der Waals surface area contributed by atoms with Crippen molar-refractivity contribution in [1.82, 2.24) is 10.2 Å². The third-order valence-corrected chi connectivity index (χ3v) is 4.59. The molecule has 0 bridgehead atoms. The smallest absolute Gasteiger partial charge is 0.226 e. The van der Waals surface area contributed by atoms with Crippen LogP contribution in [-0.4, -0.2) is 37.0 Å². The Labute approximate surface area is 123 Å². The summed E-state index contributed by atoms with van der Waals surface area (Å²) in [5, 5.41) is 3.11. The summed E-state index contributed by atoms with van der Waals surface area (Å²) in [5.74, 6) is -1.88. The van der Waals surface area contributed by atoms with Crippen molar-refractivity contribution >= 4 is 5.91 Å². The predicted molar refractivity (Wildman–Crippen MR) is 75.9 cm³/mol.